The first-order valence-electron chi connectivity index (χ1n) is 4.63. The SMILES string of the molecule is C=C(C)c1ccc(Cl)c2ccc(Cl)cc12. The Hall–Kier alpha value is -0.980. The molecule has 2 aromatic carbocycles. The summed E-state index contributed by atoms with van der Waals surface area (Å²) in [5.41, 5.74) is 2.11. The highest BCUT2D eigenvalue weighted by Crippen LogP contribution is 2.31. The molecular weight excluding hydrogens is 227 g/mol. The fraction of sp³-hybridized carbons (Fsp3) is 0.0769. The van der Waals surface area contributed by atoms with Crippen molar-refractivity contribution in [2.75, 3.05) is 0 Å². The minimum atomic E-state index is 0.715. The maximum absolute atomic E-state index is 6.11. The molecule has 0 unspecified atom stereocenters. The van der Waals surface area contributed by atoms with Crippen LogP contribution in [0.25, 0.3) is 16.3 Å². The molecule has 0 aliphatic heterocycles. The molecule has 0 aliphatic rings. The zero-order valence-electron chi connectivity index (χ0n) is 8.35. The summed E-state index contributed by atoms with van der Waals surface area (Å²) in [5.74, 6) is 0. The molecule has 0 N–H and O–H groups in total. The Balaban J connectivity index is 2.90. The molecule has 15 heavy (non-hydrogen) atoms. The van der Waals surface area contributed by atoms with Crippen LogP contribution in [0.3, 0.4) is 0 Å². The molecule has 0 atom stereocenters. The van der Waals surface area contributed by atoms with Crippen LogP contribution in [0.4, 0.5) is 0 Å². The third-order valence-electron chi connectivity index (χ3n) is 2.39. The van der Waals surface area contributed by atoms with E-state index in [4.69, 9.17) is 23.2 Å². The first kappa shape index (κ1) is 10.5. The number of rotatable bonds is 1. The molecule has 0 aromatic heterocycles. The van der Waals surface area contributed by atoms with Gasteiger partial charge in [-0.2, -0.15) is 0 Å². The van der Waals surface area contributed by atoms with Gasteiger partial charge in [-0.1, -0.05) is 47.5 Å². The quantitative estimate of drug-likeness (QED) is 0.641. The lowest BCUT2D eigenvalue weighted by Gasteiger charge is -2.08. The van der Waals surface area contributed by atoms with Gasteiger partial charge in [0.05, 0.1) is 0 Å². The topological polar surface area (TPSA) is 0 Å². The molecule has 0 spiro atoms. The monoisotopic (exact) mass is 236 g/mol. The number of halogens is 2. The number of fused-ring (bicyclic) bond motifs is 1. The Labute approximate surface area is 99.1 Å². The van der Waals surface area contributed by atoms with Crippen LogP contribution in [-0.4, -0.2) is 0 Å². The summed E-state index contributed by atoms with van der Waals surface area (Å²) in [4.78, 5) is 0. The van der Waals surface area contributed by atoms with E-state index in [2.05, 4.69) is 6.58 Å². The van der Waals surface area contributed by atoms with Crippen LogP contribution in [0, 0.1) is 0 Å². The summed E-state index contributed by atoms with van der Waals surface area (Å²) in [7, 11) is 0. The molecule has 0 radical (unpaired) electrons. The minimum Gasteiger partial charge on any atom is -0.0955 e. The number of hydrogen-bond donors (Lipinski definition) is 0. The Morgan fingerprint density at radius 1 is 1.07 bits per heavy atom. The van der Waals surface area contributed by atoms with E-state index in [1.54, 1.807) is 0 Å². The Morgan fingerprint density at radius 3 is 2.47 bits per heavy atom. The molecule has 0 nitrogen and oxygen atoms in total. The van der Waals surface area contributed by atoms with E-state index < -0.39 is 0 Å². The molecule has 0 fully saturated rings. The van der Waals surface area contributed by atoms with Gasteiger partial charge in [-0.05, 0) is 36.1 Å². The molecule has 0 saturated carbocycles. The van der Waals surface area contributed by atoms with Gasteiger partial charge in [-0.3, -0.25) is 0 Å². The van der Waals surface area contributed by atoms with Gasteiger partial charge in [0.1, 0.15) is 0 Å². The Bertz CT molecular complexity index is 541. The fourth-order valence-electron chi connectivity index (χ4n) is 1.66. The smallest absolute Gasteiger partial charge is 0.0484 e. The second-order valence-electron chi connectivity index (χ2n) is 3.57. The Morgan fingerprint density at radius 2 is 1.80 bits per heavy atom. The predicted molar refractivity (Wildman–Crippen MR) is 68.7 cm³/mol. The lowest BCUT2D eigenvalue weighted by molar-refractivity contribution is 1.63. The van der Waals surface area contributed by atoms with Crippen LogP contribution >= 0.6 is 23.2 Å². The van der Waals surface area contributed by atoms with Crippen LogP contribution in [0.1, 0.15) is 12.5 Å². The van der Waals surface area contributed by atoms with Crippen molar-refractivity contribution in [3.8, 4) is 0 Å². The van der Waals surface area contributed by atoms with Crippen LogP contribution in [-0.2, 0) is 0 Å². The molecule has 0 amide bonds. The normalized spacial score (nSPS) is 10.6. The van der Waals surface area contributed by atoms with Crippen molar-refractivity contribution in [1.82, 2.24) is 0 Å². The first-order valence-corrected chi connectivity index (χ1v) is 5.39. The molecule has 2 aromatic rings. The van der Waals surface area contributed by atoms with E-state index in [0.717, 1.165) is 26.9 Å². The molecule has 2 heteroatoms. The number of benzene rings is 2. The molecule has 0 saturated heterocycles. The van der Waals surface area contributed by atoms with E-state index in [1.165, 1.54) is 0 Å². The van der Waals surface area contributed by atoms with Gasteiger partial charge < -0.3 is 0 Å². The second-order valence-corrected chi connectivity index (χ2v) is 4.41. The molecular formula is C13H10Cl2. The van der Waals surface area contributed by atoms with Crippen molar-refractivity contribution in [3.63, 3.8) is 0 Å². The van der Waals surface area contributed by atoms with Gasteiger partial charge in [0, 0.05) is 15.4 Å². The third-order valence-corrected chi connectivity index (χ3v) is 2.95. The summed E-state index contributed by atoms with van der Waals surface area (Å²) in [6.45, 7) is 5.92. The van der Waals surface area contributed by atoms with Crippen LogP contribution < -0.4 is 0 Å². The lowest BCUT2D eigenvalue weighted by atomic mass is 10.0. The summed E-state index contributed by atoms with van der Waals surface area (Å²) >= 11 is 12.1. The lowest BCUT2D eigenvalue weighted by Crippen LogP contribution is -1.83. The second kappa shape index (κ2) is 3.88. The highest BCUT2D eigenvalue weighted by molar-refractivity contribution is 6.36. The summed E-state index contributed by atoms with van der Waals surface area (Å²) in [6.07, 6.45) is 0. The minimum absolute atomic E-state index is 0.715. The highest BCUT2D eigenvalue weighted by Gasteiger charge is 2.05. The largest absolute Gasteiger partial charge is 0.0955 e. The maximum Gasteiger partial charge on any atom is 0.0484 e. The highest BCUT2D eigenvalue weighted by atomic mass is 35.5. The molecule has 0 heterocycles. The summed E-state index contributed by atoms with van der Waals surface area (Å²) in [5, 5.41) is 3.53. The first-order chi connectivity index (χ1) is 7.09. The average Bonchev–Trinajstić information content (AvgIpc) is 2.17. The van der Waals surface area contributed by atoms with Gasteiger partial charge in [0.25, 0.3) is 0 Å². The summed E-state index contributed by atoms with van der Waals surface area (Å²) in [6, 6.07) is 9.57. The molecule has 2 rings (SSSR count). The van der Waals surface area contributed by atoms with E-state index in [9.17, 15) is 0 Å². The van der Waals surface area contributed by atoms with Crippen molar-refractivity contribution in [3.05, 3.63) is 52.5 Å². The van der Waals surface area contributed by atoms with E-state index in [-0.39, 0.29) is 0 Å². The van der Waals surface area contributed by atoms with Crippen LogP contribution in [0.5, 0.6) is 0 Å². The van der Waals surface area contributed by atoms with Gasteiger partial charge in [0.15, 0.2) is 0 Å². The zero-order chi connectivity index (χ0) is 11.0. The van der Waals surface area contributed by atoms with Crippen molar-refractivity contribution in [2.24, 2.45) is 0 Å². The van der Waals surface area contributed by atoms with Gasteiger partial charge in [-0.25, -0.2) is 0 Å². The standard InChI is InChI=1S/C13H10Cl2/c1-8(2)10-5-6-13(15)11-4-3-9(14)7-12(10)11/h3-7H,1H2,2H3. The number of allylic oxidation sites excluding steroid dienone is 1. The van der Waals surface area contributed by atoms with E-state index in [0.29, 0.717) is 5.02 Å². The van der Waals surface area contributed by atoms with E-state index >= 15 is 0 Å². The Kier molecular flexibility index (Phi) is 2.72. The van der Waals surface area contributed by atoms with Gasteiger partial charge in [-0.15, -0.1) is 0 Å². The molecule has 0 bridgehead atoms. The van der Waals surface area contributed by atoms with Crippen molar-refractivity contribution in [2.45, 2.75) is 6.92 Å². The molecule has 0 aliphatic carbocycles. The van der Waals surface area contributed by atoms with Crippen molar-refractivity contribution in [1.29, 1.82) is 0 Å². The number of hydrogen-bond acceptors (Lipinski definition) is 0. The summed E-state index contributed by atoms with van der Waals surface area (Å²) < 4.78 is 0. The van der Waals surface area contributed by atoms with Gasteiger partial charge >= 0.3 is 0 Å². The fourth-order valence-corrected chi connectivity index (χ4v) is 2.06. The van der Waals surface area contributed by atoms with Gasteiger partial charge in [0.2, 0.25) is 0 Å². The third kappa shape index (κ3) is 1.88. The predicted octanol–water partition coefficient (Wildman–Crippen LogP) is 5.18. The maximum atomic E-state index is 6.11. The van der Waals surface area contributed by atoms with Crippen molar-refractivity contribution >= 4 is 39.5 Å². The van der Waals surface area contributed by atoms with E-state index in [1.807, 2.05) is 37.3 Å². The van der Waals surface area contributed by atoms with Crippen molar-refractivity contribution < 1.29 is 0 Å². The average molecular weight is 237 g/mol. The zero-order valence-corrected chi connectivity index (χ0v) is 9.86. The van der Waals surface area contributed by atoms with Crippen LogP contribution in [0.15, 0.2) is 36.9 Å². The van der Waals surface area contributed by atoms with Crippen LogP contribution in [0.2, 0.25) is 10.0 Å². The molecule has 76 valence electrons.